The summed E-state index contributed by atoms with van der Waals surface area (Å²) in [6.07, 6.45) is 21.1. The molecule has 0 radical (unpaired) electrons. The number of ketones is 1. The molecule has 0 saturated heterocycles. The maximum atomic E-state index is 12.4. The minimum atomic E-state index is -0.391. The van der Waals surface area contributed by atoms with E-state index in [1.807, 2.05) is 44.4 Å². The Morgan fingerprint density at radius 1 is 1.17 bits per heavy atom. The Morgan fingerprint density at radius 3 is 2.83 bits per heavy atom. The second kappa shape index (κ2) is 6.60. The molecule has 24 heavy (non-hydrogen) atoms. The van der Waals surface area contributed by atoms with Crippen molar-refractivity contribution in [1.29, 1.82) is 0 Å². The van der Waals surface area contributed by atoms with Crippen molar-refractivity contribution in [3.05, 3.63) is 72.2 Å². The minimum Gasteiger partial charge on any atom is -0.488 e. The molecule has 0 spiro atoms. The van der Waals surface area contributed by atoms with E-state index < -0.39 is 6.10 Å². The molecule has 3 heteroatoms. The fraction of sp³-hybridized carbons (Fsp3) is 0.333. The normalized spacial score (nSPS) is 40.0. The summed E-state index contributed by atoms with van der Waals surface area (Å²) in [5.74, 6) is 0.759. The quantitative estimate of drug-likeness (QED) is 0.721. The van der Waals surface area contributed by atoms with Crippen molar-refractivity contribution in [2.75, 3.05) is 0 Å². The van der Waals surface area contributed by atoms with E-state index >= 15 is 0 Å². The van der Waals surface area contributed by atoms with Gasteiger partial charge in [0.2, 0.25) is 0 Å². The summed E-state index contributed by atoms with van der Waals surface area (Å²) >= 11 is 0. The molecule has 124 valence electrons. The maximum absolute atomic E-state index is 12.4. The second-order valence-corrected chi connectivity index (χ2v) is 6.73. The lowest BCUT2D eigenvalue weighted by atomic mass is 9.72. The van der Waals surface area contributed by atoms with Crippen LogP contribution in [0.2, 0.25) is 0 Å². The van der Waals surface area contributed by atoms with Crippen molar-refractivity contribution in [3.63, 3.8) is 0 Å². The van der Waals surface area contributed by atoms with Crippen LogP contribution < -0.4 is 0 Å². The number of carbonyl (C=O) groups is 1. The summed E-state index contributed by atoms with van der Waals surface area (Å²) in [5.41, 5.74) is 0.695. The van der Waals surface area contributed by atoms with Gasteiger partial charge in [-0.1, -0.05) is 56.4 Å². The largest absolute Gasteiger partial charge is 0.488 e. The first kappa shape index (κ1) is 16.4. The molecular weight excluding hydrogens is 298 g/mol. The number of allylic oxidation sites excluding steroid dienone is 11. The van der Waals surface area contributed by atoms with Crippen LogP contribution in [-0.4, -0.2) is 18.1 Å². The average Bonchev–Trinajstić information content (AvgIpc) is 2.57. The third-order valence-corrected chi connectivity index (χ3v) is 4.77. The van der Waals surface area contributed by atoms with Gasteiger partial charge in [-0.05, 0) is 25.2 Å². The maximum Gasteiger partial charge on any atom is 0.162 e. The fourth-order valence-electron chi connectivity index (χ4n) is 3.16. The molecule has 0 aromatic rings. The van der Waals surface area contributed by atoms with Crippen LogP contribution in [0.3, 0.4) is 0 Å². The van der Waals surface area contributed by atoms with Gasteiger partial charge in [0.25, 0.3) is 0 Å². The van der Waals surface area contributed by atoms with Gasteiger partial charge >= 0.3 is 0 Å². The van der Waals surface area contributed by atoms with Crippen LogP contribution in [0.25, 0.3) is 0 Å². The molecule has 3 rings (SSSR count). The van der Waals surface area contributed by atoms with Gasteiger partial charge in [0.1, 0.15) is 6.10 Å². The van der Waals surface area contributed by atoms with Gasteiger partial charge in [-0.25, -0.2) is 0 Å². The van der Waals surface area contributed by atoms with Crippen LogP contribution in [-0.2, 0) is 9.53 Å². The SMILES string of the molecule is C\C1=C/C=C\C=C\C(=O)C(C)C(C2=CC3(C)C=CC=CC3C=N2)O1. The number of hydrogen-bond donors (Lipinski definition) is 0. The lowest BCUT2D eigenvalue weighted by Gasteiger charge is -2.35. The lowest BCUT2D eigenvalue weighted by Crippen LogP contribution is -2.34. The van der Waals surface area contributed by atoms with Gasteiger partial charge < -0.3 is 4.74 Å². The van der Waals surface area contributed by atoms with Gasteiger partial charge in [-0.2, -0.15) is 0 Å². The van der Waals surface area contributed by atoms with Crippen molar-refractivity contribution < 1.29 is 9.53 Å². The van der Waals surface area contributed by atoms with Crippen molar-refractivity contribution in [2.24, 2.45) is 22.2 Å². The van der Waals surface area contributed by atoms with Crippen molar-refractivity contribution in [1.82, 2.24) is 0 Å². The standard InChI is InChI=1S/C21H23NO2/c1-15-9-5-4-6-11-19(23)16(2)20(24-15)18-13-21(3)12-8-7-10-17(21)14-22-18/h4-14,16-17,20H,1-3H3/b5-4-,11-6+,15-9+. The molecule has 0 fully saturated rings. The predicted octanol–water partition coefficient (Wildman–Crippen LogP) is 4.32. The molecule has 1 aliphatic carbocycles. The molecule has 2 aliphatic heterocycles. The first-order chi connectivity index (χ1) is 11.5. The van der Waals surface area contributed by atoms with Gasteiger partial charge in [0.15, 0.2) is 5.78 Å². The second-order valence-electron chi connectivity index (χ2n) is 6.73. The summed E-state index contributed by atoms with van der Waals surface area (Å²) in [4.78, 5) is 17.1. The Bertz CT molecular complexity index is 733. The summed E-state index contributed by atoms with van der Waals surface area (Å²) < 4.78 is 6.10. The molecule has 0 N–H and O–H groups in total. The molecule has 0 saturated carbocycles. The van der Waals surface area contributed by atoms with Crippen LogP contribution in [0.4, 0.5) is 0 Å². The van der Waals surface area contributed by atoms with E-state index in [9.17, 15) is 4.79 Å². The van der Waals surface area contributed by atoms with Gasteiger partial charge in [-0.15, -0.1) is 0 Å². The third kappa shape index (κ3) is 3.25. The van der Waals surface area contributed by atoms with Crippen LogP contribution in [0.1, 0.15) is 20.8 Å². The van der Waals surface area contributed by atoms with Gasteiger partial charge in [0, 0.05) is 17.5 Å². The Hall–Kier alpha value is -2.42. The zero-order valence-electron chi connectivity index (χ0n) is 14.3. The number of fused-ring (bicyclic) bond motifs is 1. The fourth-order valence-corrected chi connectivity index (χ4v) is 3.16. The first-order valence-corrected chi connectivity index (χ1v) is 8.35. The molecule has 3 nitrogen and oxygen atoms in total. The van der Waals surface area contributed by atoms with E-state index in [-0.39, 0.29) is 23.0 Å². The Kier molecular flexibility index (Phi) is 4.52. The van der Waals surface area contributed by atoms with E-state index in [1.54, 1.807) is 12.2 Å². The molecular formula is C21H23NO2. The number of carbonyl (C=O) groups excluding carboxylic acids is 1. The third-order valence-electron chi connectivity index (χ3n) is 4.77. The van der Waals surface area contributed by atoms with Gasteiger partial charge in [0.05, 0.1) is 17.4 Å². The monoisotopic (exact) mass is 321 g/mol. The number of ether oxygens (including phenoxy) is 1. The molecule has 0 aromatic heterocycles. The summed E-state index contributed by atoms with van der Waals surface area (Å²) in [6, 6.07) is 0. The van der Waals surface area contributed by atoms with Crippen LogP contribution in [0.5, 0.6) is 0 Å². The summed E-state index contributed by atoms with van der Waals surface area (Å²) in [7, 11) is 0. The van der Waals surface area contributed by atoms with Crippen LogP contribution in [0, 0.1) is 17.3 Å². The summed E-state index contributed by atoms with van der Waals surface area (Å²) in [5, 5.41) is 0. The molecule has 4 unspecified atom stereocenters. The Labute approximate surface area is 143 Å². The Morgan fingerprint density at radius 2 is 2.00 bits per heavy atom. The number of hydrogen-bond acceptors (Lipinski definition) is 3. The predicted molar refractivity (Wildman–Crippen MR) is 97.5 cm³/mol. The van der Waals surface area contributed by atoms with E-state index in [4.69, 9.17) is 4.74 Å². The van der Waals surface area contributed by atoms with Crippen molar-refractivity contribution in [2.45, 2.75) is 26.9 Å². The van der Waals surface area contributed by atoms with Crippen molar-refractivity contribution in [3.8, 4) is 0 Å². The Balaban J connectivity index is 1.97. The lowest BCUT2D eigenvalue weighted by molar-refractivity contribution is -0.120. The van der Waals surface area contributed by atoms with Gasteiger partial charge in [-0.3, -0.25) is 9.79 Å². The van der Waals surface area contributed by atoms with E-state index in [0.717, 1.165) is 11.5 Å². The van der Waals surface area contributed by atoms with Crippen molar-refractivity contribution >= 4 is 12.0 Å². The smallest absolute Gasteiger partial charge is 0.162 e. The summed E-state index contributed by atoms with van der Waals surface area (Å²) in [6.45, 7) is 5.99. The highest BCUT2D eigenvalue weighted by atomic mass is 16.5. The highest BCUT2D eigenvalue weighted by Crippen LogP contribution is 2.39. The first-order valence-electron chi connectivity index (χ1n) is 8.35. The van der Waals surface area contributed by atoms with Crippen LogP contribution >= 0.6 is 0 Å². The molecule has 0 amide bonds. The highest BCUT2D eigenvalue weighted by molar-refractivity contribution is 5.92. The number of aliphatic imine (C=N–C) groups is 1. The average molecular weight is 321 g/mol. The molecule has 2 heterocycles. The molecule has 4 atom stereocenters. The van der Waals surface area contributed by atoms with E-state index in [2.05, 4.69) is 36.2 Å². The molecule has 3 aliphatic rings. The number of nitrogens with zero attached hydrogens (tertiary/aromatic N) is 1. The molecule has 0 aromatic carbocycles. The minimum absolute atomic E-state index is 0.0433. The topological polar surface area (TPSA) is 38.7 Å². The van der Waals surface area contributed by atoms with E-state index in [1.165, 1.54) is 0 Å². The zero-order valence-corrected chi connectivity index (χ0v) is 14.3. The number of rotatable bonds is 1. The van der Waals surface area contributed by atoms with Crippen LogP contribution in [0.15, 0.2) is 77.2 Å². The van der Waals surface area contributed by atoms with E-state index in [0.29, 0.717) is 0 Å². The zero-order chi connectivity index (χ0) is 17.2. The molecule has 0 bridgehead atoms. The highest BCUT2D eigenvalue weighted by Gasteiger charge is 2.36.